The highest BCUT2D eigenvalue weighted by Gasteiger charge is 2.21. The highest BCUT2D eigenvalue weighted by Crippen LogP contribution is 2.41. The number of hydrogen-bond acceptors (Lipinski definition) is 6. The summed E-state index contributed by atoms with van der Waals surface area (Å²) in [4.78, 5) is 23.4. The van der Waals surface area contributed by atoms with Crippen molar-refractivity contribution in [1.29, 1.82) is 0 Å². The fraction of sp³-hybridized carbons (Fsp3) is 0.692. The third-order valence-corrected chi connectivity index (χ3v) is 3.76. The van der Waals surface area contributed by atoms with Crippen LogP contribution in [-0.4, -0.2) is 44.2 Å². The monoisotopic (exact) mass is 321 g/mol. The van der Waals surface area contributed by atoms with Crippen molar-refractivity contribution < 1.29 is 28.2 Å². The van der Waals surface area contributed by atoms with E-state index in [2.05, 4.69) is 5.32 Å². The van der Waals surface area contributed by atoms with E-state index in [9.17, 15) is 14.2 Å². The van der Waals surface area contributed by atoms with Gasteiger partial charge in [0.1, 0.15) is 11.3 Å². The Kier molecular flexibility index (Phi) is 7.68. The standard InChI is InChI=1S/C13H24NO6P/c1-7-19-11(15)10(8-9-21(6,17)18-5)14-12(16)20-13(2,3)4/h8H,7,9H2,1-6H3,(H,14,16)/b10-8-. The summed E-state index contributed by atoms with van der Waals surface area (Å²) in [5, 5.41) is 2.30. The summed E-state index contributed by atoms with van der Waals surface area (Å²) in [6.45, 7) is 8.32. The lowest BCUT2D eigenvalue weighted by atomic mass is 10.2. The van der Waals surface area contributed by atoms with Gasteiger partial charge in [0, 0.05) is 19.9 Å². The maximum Gasteiger partial charge on any atom is 0.412 e. The molecule has 1 atom stereocenters. The second-order valence-corrected chi connectivity index (χ2v) is 8.10. The van der Waals surface area contributed by atoms with Gasteiger partial charge >= 0.3 is 12.1 Å². The third-order valence-electron chi connectivity index (χ3n) is 2.14. The number of esters is 1. The van der Waals surface area contributed by atoms with Crippen LogP contribution in [0.3, 0.4) is 0 Å². The van der Waals surface area contributed by atoms with Crippen LogP contribution in [0.4, 0.5) is 4.79 Å². The summed E-state index contributed by atoms with van der Waals surface area (Å²) in [5.41, 5.74) is -0.818. The molecule has 1 amide bonds. The predicted octanol–water partition coefficient (Wildman–Crippen LogP) is 2.51. The summed E-state index contributed by atoms with van der Waals surface area (Å²) in [5.74, 6) is -0.723. The maximum absolute atomic E-state index is 11.8. The van der Waals surface area contributed by atoms with Crippen LogP contribution < -0.4 is 5.32 Å². The number of carbonyl (C=O) groups is 2. The lowest BCUT2D eigenvalue weighted by Crippen LogP contribution is -2.34. The molecule has 0 aliphatic rings. The van der Waals surface area contributed by atoms with E-state index in [1.165, 1.54) is 19.9 Å². The van der Waals surface area contributed by atoms with E-state index < -0.39 is 25.0 Å². The highest BCUT2D eigenvalue weighted by molar-refractivity contribution is 7.58. The number of hydrogen-bond donors (Lipinski definition) is 1. The summed E-state index contributed by atoms with van der Waals surface area (Å²) >= 11 is 0. The number of ether oxygens (including phenoxy) is 2. The molecule has 0 saturated heterocycles. The molecule has 1 N–H and O–H groups in total. The molecule has 0 fully saturated rings. The van der Waals surface area contributed by atoms with E-state index in [0.717, 1.165) is 0 Å². The molecule has 0 aromatic heterocycles. The zero-order valence-corrected chi connectivity index (χ0v) is 14.3. The van der Waals surface area contributed by atoms with Gasteiger partial charge in [0.15, 0.2) is 0 Å². The molecule has 0 spiro atoms. The highest BCUT2D eigenvalue weighted by atomic mass is 31.2. The molecule has 21 heavy (non-hydrogen) atoms. The van der Waals surface area contributed by atoms with Crippen LogP contribution in [0, 0.1) is 0 Å². The second kappa shape index (κ2) is 8.20. The Morgan fingerprint density at radius 3 is 2.29 bits per heavy atom. The maximum atomic E-state index is 11.8. The number of carbonyl (C=O) groups excluding carboxylic acids is 2. The molecule has 0 aliphatic heterocycles. The number of nitrogens with one attached hydrogen (secondary N) is 1. The quantitative estimate of drug-likeness (QED) is 0.459. The second-order valence-electron chi connectivity index (χ2n) is 5.34. The molecule has 0 saturated carbocycles. The molecule has 7 nitrogen and oxygen atoms in total. The third kappa shape index (κ3) is 9.26. The normalized spacial score (nSPS) is 15.0. The molecule has 1 unspecified atom stereocenters. The van der Waals surface area contributed by atoms with E-state index in [0.29, 0.717) is 0 Å². The topological polar surface area (TPSA) is 90.9 Å². The lowest BCUT2D eigenvalue weighted by molar-refractivity contribution is -0.139. The molecule has 8 heteroatoms. The van der Waals surface area contributed by atoms with Gasteiger partial charge in [0.05, 0.1) is 6.61 Å². The van der Waals surface area contributed by atoms with Crippen molar-refractivity contribution in [2.75, 3.05) is 26.5 Å². The number of rotatable bonds is 6. The zero-order valence-electron chi connectivity index (χ0n) is 13.4. The molecule has 0 rings (SSSR count). The number of amides is 1. The first-order valence-corrected chi connectivity index (χ1v) is 8.76. The van der Waals surface area contributed by atoms with Crippen LogP contribution in [0.2, 0.25) is 0 Å². The average Bonchev–Trinajstić information content (AvgIpc) is 2.32. The summed E-state index contributed by atoms with van der Waals surface area (Å²) in [6, 6.07) is 0. The Hall–Kier alpha value is -1.33. The lowest BCUT2D eigenvalue weighted by Gasteiger charge is -2.20. The minimum absolute atomic E-state index is 0.00650. The van der Waals surface area contributed by atoms with E-state index >= 15 is 0 Å². The van der Waals surface area contributed by atoms with Gasteiger partial charge in [-0.05, 0) is 33.8 Å². The Balaban J connectivity index is 4.99. The van der Waals surface area contributed by atoms with Crippen molar-refractivity contribution in [2.24, 2.45) is 0 Å². The van der Waals surface area contributed by atoms with Crippen molar-refractivity contribution in [3.63, 3.8) is 0 Å². The molecule has 0 radical (unpaired) electrons. The van der Waals surface area contributed by atoms with Crippen molar-refractivity contribution in [3.8, 4) is 0 Å². The predicted molar refractivity (Wildman–Crippen MR) is 79.5 cm³/mol. The summed E-state index contributed by atoms with van der Waals surface area (Å²) in [6.07, 6.45) is 0.518. The number of allylic oxidation sites excluding steroid dienone is 1. The van der Waals surface area contributed by atoms with Crippen LogP contribution >= 0.6 is 7.37 Å². The average molecular weight is 321 g/mol. The molecule has 122 valence electrons. The van der Waals surface area contributed by atoms with Crippen LogP contribution in [0.25, 0.3) is 0 Å². The molecular formula is C13H24NO6P. The number of alkyl carbamates (subject to hydrolysis) is 1. The van der Waals surface area contributed by atoms with Crippen LogP contribution in [0.5, 0.6) is 0 Å². The first-order valence-electron chi connectivity index (χ1n) is 6.50. The van der Waals surface area contributed by atoms with E-state index in [4.69, 9.17) is 14.0 Å². The first kappa shape index (κ1) is 19.7. The first-order chi connectivity index (χ1) is 9.50. The van der Waals surface area contributed by atoms with E-state index in [-0.39, 0.29) is 18.5 Å². The molecule has 0 aliphatic carbocycles. The van der Waals surface area contributed by atoms with Crippen molar-refractivity contribution in [3.05, 3.63) is 11.8 Å². The van der Waals surface area contributed by atoms with Crippen molar-refractivity contribution in [1.82, 2.24) is 5.32 Å². The fourth-order valence-corrected chi connectivity index (χ4v) is 1.80. The largest absolute Gasteiger partial charge is 0.461 e. The van der Waals surface area contributed by atoms with E-state index in [1.54, 1.807) is 27.7 Å². The van der Waals surface area contributed by atoms with Crippen LogP contribution in [0.1, 0.15) is 27.7 Å². The van der Waals surface area contributed by atoms with Gasteiger partial charge in [-0.25, -0.2) is 9.59 Å². The molecule has 0 aromatic rings. The van der Waals surface area contributed by atoms with Gasteiger partial charge in [0.25, 0.3) is 0 Å². The molecule has 0 heterocycles. The van der Waals surface area contributed by atoms with Gasteiger partial charge < -0.3 is 14.0 Å². The summed E-state index contributed by atoms with van der Waals surface area (Å²) in [7, 11) is -1.53. The minimum atomic E-state index is -2.85. The molecule has 0 bridgehead atoms. The van der Waals surface area contributed by atoms with Crippen LogP contribution in [0.15, 0.2) is 11.8 Å². The Morgan fingerprint density at radius 2 is 1.86 bits per heavy atom. The molecular weight excluding hydrogens is 297 g/mol. The van der Waals surface area contributed by atoms with Crippen molar-refractivity contribution in [2.45, 2.75) is 33.3 Å². The van der Waals surface area contributed by atoms with Gasteiger partial charge in [-0.2, -0.15) is 0 Å². The minimum Gasteiger partial charge on any atom is -0.461 e. The zero-order chi connectivity index (χ0) is 16.7. The smallest absolute Gasteiger partial charge is 0.412 e. The fourth-order valence-electron chi connectivity index (χ4n) is 1.14. The Bertz CT molecular complexity index is 452. The molecule has 0 aromatic carbocycles. The Labute approximate surface area is 125 Å². The van der Waals surface area contributed by atoms with E-state index in [1.807, 2.05) is 0 Å². The Morgan fingerprint density at radius 1 is 1.29 bits per heavy atom. The van der Waals surface area contributed by atoms with Gasteiger partial charge in [-0.15, -0.1) is 0 Å². The van der Waals surface area contributed by atoms with Gasteiger partial charge in [0.2, 0.25) is 7.37 Å². The van der Waals surface area contributed by atoms with Crippen molar-refractivity contribution >= 4 is 19.4 Å². The van der Waals surface area contributed by atoms with Gasteiger partial charge in [-0.3, -0.25) is 9.88 Å². The van der Waals surface area contributed by atoms with Crippen LogP contribution in [-0.2, 0) is 23.4 Å². The van der Waals surface area contributed by atoms with Gasteiger partial charge in [-0.1, -0.05) is 0 Å². The summed E-state index contributed by atoms with van der Waals surface area (Å²) < 4.78 is 26.5. The SMILES string of the molecule is CCOC(=O)/C(=C/CP(C)(=O)OC)NC(=O)OC(C)(C)C.